The lowest BCUT2D eigenvalue weighted by Crippen LogP contribution is -2.38. The zero-order valence-corrected chi connectivity index (χ0v) is 13.9. The van der Waals surface area contributed by atoms with Gasteiger partial charge in [-0.25, -0.2) is 0 Å². The van der Waals surface area contributed by atoms with Crippen molar-refractivity contribution in [2.75, 3.05) is 6.54 Å². The van der Waals surface area contributed by atoms with Gasteiger partial charge in [0.05, 0.1) is 0 Å². The van der Waals surface area contributed by atoms with Gasteiger partial charge in [0.15, 0.2) is 5.78 Å². The number of carbonyl (C=O) groups excluding carboxylic acids is 1. The molecule has 1 aromatic rings. The van der Waals surface area contributed by atoms with Crippen LogP contribution in [0.1, 0.15) is 61.0 Å². The lowest BCUT2D eigenvalue weighted by atomic mass is 9.92. The summed E-state index contributed by atoms with van der Waals surface area (Å²) in [5.41, 5.74) is 3.81. The minimum atomic E-state index is 0.272. The molecule has 3 atom stereocenters. The number of rotatable bonds is 4. The molecule has 2 nitrogen and oxygen atoms in total. The second-order valence-corrected chi connectivity index (χ2v) is 7.09. The van der Waals surface area contributed by atoms with E-state index in [4.69, 9.17) is 0 Å². The Morgan fingerprint density at radius 2 is 2.04 bits per heavy atom. The van der Waals surface area contributed by atoms with Crippen LogP contribution in [-0.2, 0) is 0 Å². The van der Waals surface area contributed by atoms with Crippen molar-refractivity contribution in [3.63, 3.8) is 0 Å². The molecule has 1 fully saturated rings. The van der Waals surface area contributed by atoms with E-state index in [9.17, 15) is 4.79 Å². The SMILES string of the molecule is CCCN([C@@H]1CC(=O)c2ccccc21)[C@H]1CCC2CC=CC=C21. The van der Waals surface area contributed by atoms with Gasteiger partial charge in [0.1, 0.15) is 0 Å². The molecule has 0 saturated heterocycles. The third kappa shape index (κ3) is 2.49. The fourth-order valence-corrected chi connectivity index (χ4v) is 4.76. The van der Waals surface area contributed by atoms with E-state index >= 15 is 0 Å². The van der Waals surface area contributed by atoms with Gasteiger partial charge in [0, 0.05) is 24.1 Å². The molecule has 0 amide bonds. The molecule has 3 aliphatic carbocycles. The number of fused-ring (bicyclic) bond motifs is 2. The molecule has 0 heterocycles. The number of Topliss-reactive ketones (excluding diaryl/α,β-unsaturated/α-hetero) is 1. The number of ketones is 1. The summed E-state index contributed by atoms with van der Waals surface area (Å²) < 4.78 is 0. The molecule has 1 aromatic carbocycles. The summed E-state index contributed by atoms with van der Waals surface area (Å²) >= 11 is 0. The van der Waals surface area contributed by atoms with Gasteiger partial charge in [0.25, 0.3) is 0 Å². The van der Waals surface area contributed by atoms with Crippen LogP contribution in [0, 0.1) is 5.92 Å². The first-order chi connectivity index (χ1) is 11.3. The Bertz CT molecular complexity index is 672. The minimum absolute atomic E-state index is 0.272. The minimum Gasteiger partial charge on any atom is -0.294 e. The average molecular weight is 307 g/mol. The third-order valence-electron chi connectivity index (χ3n) is 5.77. The summed E-state index contributed by atoms with van der Waals surface area (Å²) in [4.78, 5) is 15.1. The van der Waals surface area contributed by atoms with Gasteiger partial charge in [-0.3, -0.25) is 9.69 Å². The smallest absolute Gasteiger partial charge is 0.165 e. The normalized spacial score (nSPS) is 28.9. The highest BCUT2D eigenvalue weighted by molar-refractivity contribution is 6.01. The van der Waals surface area contributed by atoms with Crippen LogP contribution in [-0.4, -0.2) is 23.3 Å². The largest absolute Gasteiger partial charge is 0.294 e. The summed E-state index contributed by atoms with van der Waals surface area (Å²) in [6.45, 7) is 3.32. The van der Waals surface area contributed by atoms with E-state index in [0.29, 0.717) is 18.2 Å². The molecular formula is C21H25NO. The van der Waals surface area contributed by atoms with E-state index in [1.807, 2.05) is 12.1 Å². The summed E-state index contributed by atoms with van der Waals surface area (Å²) in [6.07, 6.45) is 12.4. The Morgan fingerprint density at radius 3 is 2.91 bits per heavy atom. The van der Waals surface area contributed by atoms with Crippen molar-refractivity contribution >= 4 is 5.78 Å². The van der Waals surface area contributed by atoms with Gasteiger partial charge < -0.3 is 0 Å². The monoisotopic (exact) mass is 307 g/mol. The van der Waals surface area contributed by atoms with Gasteiger partial charge in [0.2, 0.25) is 0 Å². The fourth-order valence-electron chi connectivity index (χ4n) is 4.76. The molecule has 4 rings (SSSR count). The molecule has 0 aromatic heterocycles. The maximum Gasteiger partial charge on any atom is 0.165 e. The first kappa shape index (κ1) is 14.9. The Labute approximate surface area is 138 Å². The van der Waals surface area contributed by atoms with E-state index < -0.39 is 0 Å². The lowest BCUT2D eigenvalue weighted by Gasteiger charge is -2.36. The third-order valence-corrected chi connectivity index (χ3v) is 5.77. The quantitative estimate of drug-likeness (QED) is 0.804. The van der Waals surface area contributed by atoms with E-state index in [1.54, 1.807) is 5.57 Å². The van der Waals surface area contributed by atoms with Crippen LogP contribution < -0.4 is 0 Å². The van der Waals surface area contributed by atoms with E-state index in [2.05, 4.69) is 42.2 Å². The van der Waals surface area contributed by atoms with E-state index in [0.717, 1.165) is 24.4 Å². The Kier molecular flexibility index (Phi) is 3.94. The van der Waals surface area contributed by atoms with E-state index in [1.165, 1.54) is 24.8 Å². The van der Waals surface area contributed by atoms with E-state index in [-0.39, 0.29) is 6.04 Å². The standard InChI is InChI=1S/C21H25NO/c1-2-13-22(19-12-11-15-7-3-4-8-16(15)19)20-14-21(23)18-10-6-5-9-17(18)20/h3-6,8-10,15,19-20H,2,7,11-14H2,1H3/t15?,19-,20+/m0/s1. The number of nitrogens with zero attached hydrogens (tertiary/aromatic N) is 1. The molecule has 1 saturated carbocycles. The van der Waals surface area contributed by atoms with Crippen molar-refractivity contribution in [3.8, 4) is 0 Å². The van der Waals surface area contributed by atoms with Crippen molar-refractivity contribution in [1.29, 1.82) is 0 Å². The van der Waals surface area contributed by atoms with Crippen LogP contribution in [0.25, 0.3) is 0 Å². The Balaban J connectivity index is 1.68. The number of benzene rings is 1. The molecular weight excluding hydrogens is 282 g/mol. The van der Waals surface area contributed by atoms with Crippen LogP contribution in [0.3, 0.4) is 0 Å². The summed E-state index contributed by atoms with van der Waals surface area (Å²) in [5, 5.41) is 0. The summed E-state index contributed by atoms with van der Waals surface area (Å²) in [7, 11) is 0. The topological polar surface area (TPSA) is 20.3 Å². The van der Waals surface area contributed by atoms with Crippen molar-refractivity contribution in [2.45, 2.75) is 51.1 Å². The average Bonchev–Trinajstić information content (AvgIpc) is 3.15. The predicted molar refractivity (Wildman–Crippen MR) is 93.5 cm³/mol. The van der Waals surface area contributed by atoms with Crippen LogP contribution in [0.4, 0.5) is 0 Å². The zero-order chi connectivity index (χ0) is 15.8. The van der Waals surface area contributed by atoms with Gasteiger partial charge in [-0.1, -0.05) is 49.4 Å². The Hall–Kier alpha value is -1.67. The van der Waals surface area contributed by atoms with Gasteiger partial charge in [-0.15, -0.1) is 0 Å². The molecule has 0 bridgehead atoms. The fraction of sp³-hybridized carbons (Fsp3) is 0.476. The van der Waals surface area contributed by atoms with Crippen molar-refractivity contribution < 1.29 is 4.79 Å². The van der Waals surface area contributed by atoms with Gasteiger partial charge in [-0.2, -0.15) is 0 Å². The molecule has 120 valence electrons. The number of hydrogen-bond donors (Lipinski definition) is 0. The number of allylic oxidation sites excluding steroid dienone is 3. The second kappa shape index (κ2) is 6.09. The zero-order valence-electron chi connectivity index (χ0n) is 13.9. The molecule has 0 N–H and O–H groups in total. The molecule has 23 heavy (non-hydrogen) atoms. The first-order valence-electron chi connectivity index (χ1n) is 9.04. The molecule has 2 heteroatoms. The molecule has 3 aliphatic rings. The highest BCUT2D eigenvalue weighted by Gasteiger charge is 2.40. The second-order valence-electron chi connectivity index (χ2n) is 7.09. The van der Waals surface area contributed by atoms with Crippen LogP contribution in [0.5, 0.6) is 0 Å². The predicted octanol–water partition coefficient (Wildman–Crippen LogP) is 4.69. The van der Waals surface area contributed by atoms with Crippen LogP contribution in [0.15, 0.2) is 48.1 Å². The first-order valence-corrected chi connectivity index (χ1v) is 9.04. The molecule has 0 aliphatic heterocycles. The highest BCUT2D eigenvalue weighted by atomic mass is 16.1. The van der Waals surface area contributed by atoms with Crippen molar-refractivity contribution in [1.82, 2.24) is 4.90 Å². The van der Waals surface area contributed by atoms with Gasteiger partial charge in [-0.05, 0) is 49.3 Å². The van der Waals surface area contributed by atoms with Crippen LogP contribution >= 0.6 is 0 Å². The lowest BCUT2D eigenvalue weighted by molar-refractivity contribution is 0.0930. The molecule has 0 radical (unpaired) electrons. The number of hydrogen-bond acceptors (Lipinski definition) is 2. The van der Waals surface area contributed by atoms with Crippen molar-refractivity contribution in [3.05, 3.63) is 59.2 Å². The van der Waals surface area contributed by atoms with Crippen LogP contribution in [0.2, 0.25) is 0 Å². The number of carbonyl (C=O) groups is 1. The van der Waals surface area contributed by atoms with Crippen molar-refractivity contribution in [2.24, 2.45) is 5.92 Å². The summed E-state index contributed by atoms with van der Waals surface area (Å²) in [5.74, 6) is 1.05. The maximum absolute atomic E-state index is 12.4. The molecule has 0 spiro atoms. The van der Waals surface area contributed by atoms with Gasteiger partial charge >= 0.3 is 0 Å². The molecule has 1 unspecified atom stereocenters. The summed E-state index contributed by atoms with van der Waals surface area (Å²) in [6, 6.07) is 9.03. The maximum atomic E-state index is 12.4. The highest BCUT2D eigenvalue weighted by Crippen LogP contribution is 2.44. The Morgan fingerprint density at radius 1 is 1.17 bits per heavy atom.